The van der Waals surface area contributed by atoms with E-state index in [0.717, 1.165) is 49.4 Å². The quantitative estimate of drug-likeness (QED) is 0.172. The van der Waals surface area contributed by atoms with Crippen molar-refractivity contribution in [2.45, 2.75) is 0 Å². The van der Waals surface area contributed by atoms with E-state index in [4.69, 9.17) is 8.83 Å². The van der Waals surface area contributed by atoms with Crippen molar-refractivity contribution in [3.8, 4) is 22.3 Å². The Labute approximate surface area is 295 Å². The molecule has 236 valence electrons. The molecule has 0 atom stereocenters. The van der Waals surface area contributed by atoms with Gasteiger partial charge in [-0.3, -0.25) is 0 Å². The topological polar surface area (TPSA) is 26.3 Å². The highest BCUT2D eigenvalue weighted by Crippen LogP contribution is 2.50. The molecule has 0 aliphatic carbocycles. The molecule has 3 aromatic heterocycles. The Bertz CT molecular complexity index is 3370. The molecule has 2 nitrogen and oxygen atoms in total. The lowest BCUT2D eigenvalue weighted by Gasteiger charge is -2.19. The maximum Gasteiger partial charge on any atom is 0.136 e. The average molecular weight is 667 g/mol. The summed E-state index contributed by atoms with van der Waals surface area (Å²) in [5, 5.41) is 14.5. The first-order valence-electron chi connectivity index (χ1n) is 17.3. The molecule has 0 spiro atoms. The predicted molar refractivity (Wildman–Crippen MR) is 217 cm³/mol. The first-order valence-corrected chi connectivity index (χ1v) is 18.1. The Morgan fingerprint density at radius 1 is 0.314 bits per heavy atom. The number of hydrogen-bond donors (Lipinski definition) is 0. The van der Waals surface area contributed by atoms with Crippen molar-refractivity contribution in [1.29, 1.82) is 0 Å². The minimum atomic E-state index is 0.906. The van der Waals surface area contributed by atoms with Crippen LogP contribution in [0.25, 0.3) is 119 Å². The van der Waals surface area contributed by atoms with Gasteiger partial charge in [-0.05, 0) is 97.7 Å². The van der Waals surface area contributed by atoms with Crippen LogP contribution in [0, 0.1) is 0 Å². The third-order valence-corrected chi connectivity index (χ3v) is 12.1. The molecule has 0 radical (unpaired) electrons. The van der Waals surface area contributed by atoms with Crippen LogP contribution in [-0.2, 0) is 0 Å². The van der Waals surface area contributed by atoms with E-state index in [1.165, 1.54) is 69.2 Å². The molecule has 0 saturated heterocycles. The highest BCUT2D eigenvalue weighted by atomic mass is 32.1. The molecule has 0 aliphatic rings. The lowest BCUT2D eigenvalue weighted by molar-refractivity contribution is 0.669. The maximum atomic E-state index is 6.48. The number of fused-ring (bicyclic) bond motifs is 13. The molecular weight excluding hydrogens is 641 g/mol. The van der Waals surface area contributed by atoms with Gasteiger partial charge >= 0.3 is 0 Å². The van der Waals surface area contributed by atoms with Crippen molar-refractivity contribution in [3.63, 3.8) is 0 Å². The number of benzene rings is 9. The summed E-state index contributed by atoms with van der Waals surface area (Å²) in [6.45, 7) is 0. The summed E-state index contributed by atoms with van der Waals surface area (Å²) < 4.78 is 15.5. The average Bonchev–Trinajstić information content (AvgIpc) is 3.86. The number of furan rings is 2. The van der Waals surface area contributed by atoms with Gasteiger partial charge in [0, 0.05) is 47.1 Å². The van der Waals surface area contributed by atoms with E-state index in [-0.39, 0.29) is 0 Å². The minimum Gasteiger partial charge on any atom is -0.456 e. The fraction of sp³-hybridized carbons (Fsp3) is 0. The molecule has 0 fully saturated rings. The van der Waals surface area contributed by atoms with Crippen molar-refractivity contribution in [3.05, 3.63) is 158 Å². The number of rotatable bonds is 2. The highest BCUT2D eigenvalue weighted by molar-refractivity contribution is 7.26. The van der Waals surface area contributed by atoms with Crippen molar-refractivity contribution in [2.75, 3.05) is 0 Å². The van der Waals surface area contributed by atoms with Gasteiger partial charge in [-0.25, -0.2) is 0 Å². The van der Waals surface area contributed by atoms with Crippen molar-refractivity contribution in [2.24, 2.45) is 0 Å². The van der Waals surface area contributed by atoms with E-state index < -0.39 is 0 Å². The zero-order valence-corrected chi connectivity index (χ0v) is 28.1. The number of thiophene rings is 1. The first-order chi connectivity index (χ1) is 25.3. The molecular formula is C48H26O2S. The largest absolute Gasteiger partial charge is 0.456 e. The predicted octanol–water partition coefficient (Wildman–Crippen LogP) is 14.6. The van der Waals surface area contributed by atoms with E-state index >= 15 is 0 Å². The second-order valence-corrected chi connectivity index (χ2v) is 14.6. The van der Waals surface area contributed by atoms with Gasteiger partial charge in [0.15, 0.2) is 0 Å². The summed E-state index contributed by atoms with van der Waals surface area (Å²) >= 11 is 1.87. The third-order valence-electron chi connectivity index (χ3n) is 10.8. The van der Waals surface area contributed by atoms with Crippen LogP contribution in [0.4, 0.5) is 0 Å². The van der Waals surface area contributed by atoms with Gasteiger partial charge in [0.1, 0.15) is 22.3 Å². The summed E-state index contributed by atoms with van der Waals surface area (Å²) in [6.07, 6.45) is 0. The van der Waals surface area contributed by atoms with Gasteiger partial charge in [-0.15, -0.1) is 11.3 Å². The van der Waals surface area contributed by atoms with Gasteiger partial charge in [-0.2, -0.15) is 0 Å². The molecule has 9 aromatic carbocycles. The molecule has 0 N–H and O–H groups in total. The van der Waals surface area contributed by atoms with Crippen LogP contribution in [0.1, 0.15) is 0 Å². The van der Waals surface area contributed by atoms with E-state index in [1.54, 1.807) is 0 Å². The van der Waals surface area contributed by atoms with E-state index in [9.17, 15) is 0 Å². The third kappa shape index (κ3) is 3.76. The zero-order valence-electron chi connectivity index (χ0n) is 27.2. The van der Waals surface area contributed by atoms with Gasteiger partial charge in [-0.1, -0.05) is 109 Å². The summed E-state index contributed by atoms with van der Waals surface area (Å²) in [6, 6.07) is 57.1. The van der Waals surface area contributed by atoms with Crippen LogP contribution in [0.5, 0.6) is 0 Å². The lowest BCUT2D eigenvalue weighted by atomic mass is 9.84. The van der Waals surface area contributed by atoms with Crippen molar-refractivity contribution in [1.82, 2.24) is 0 Å². The van der Waals surface area contributed by atoms with Crippen molar-refractivity contribution >= 4 is 108 Å². The Kier molecular flexibility index (Phi) is 5.41. The van der Waals surface area contributed by atoms with Crippen LogP contribution in [0.3, 0.4) is 0 Å². The molecule has 0 saturated carbocycles. The van der Waals surface area contributed by atoms with Crippen LogP contribution in [-0.4, -0.2) is 0 Å². The smallest absolute Gasteiger partial charge is 0.136 e. The van der Waals surface area contributed by atoms with Gasteiger partial charge in [0.25, 0.3) is 0 Å². The molecule has 51 heavy (non-hydrogen) atoms. The molecule has 0 unspecified atom stereocenters. The molecule has 0 aliphatic heterocycles. The van der Waals surface area contributed by atoms with E-state index in [2.05, 4.69) is 140 Å². The summed E-state index contributed by atoms with van der Waals surface area (Å²) in [5.41, 5.74) is 8.52. The number of para-hydroxylation sites is 2. The fourth-order valence-electron chi connectivity index (χ4n) is 8.63. The Hall–Kier alpha value is -6.42. The summed E-state index contributed by atoms with van der Waals surface area (Å²) in [7, 11) is 0. The monoisotopic (exact) mass is 666 g/mol. The molecule has 12 aromatic rings. The SMILES string of the molecule is c1ccc2c(c1)oc1cc(-c3c4ccccc4c(-c4cc5c6ccccc6sc5c5cc6oc7ccccc7c6cc45)c4ccccc34)ccc12. The molecule has 12 rings (SSSR count). The minimum absolute atomic E-state index is 0.906. The van der Waals surface area contributed by atoms with E-state index in [1.807, 2.05) is 29.5 Å². The fourth-order valence-corrected chi connectivity index (χ4v) is 9.84. The normalized spacial score (nSPS) is 12.3. The lowest BCUT2D eigenvalue weighted by Crippen LogP contribution is -1.92. The van der Waals surface area contributed by atoms with Crippen molar-refractivity contribution < 1.29 is 8.83 Å². The maximum absolute atomic E-state index is 6.48. The molecule has 0 bridgehead atoms. The van der Waals surface area contributed by atoms with Crippen LogP contribution < -0.4 is 0 Å². The molecule has 3 heterocycles. The van der Waals surface area contributed by atoms with Gasteiger partial charge in [0.05, 0.1) is 0 Å². The first kappa shape index (κ1) is 27.4. The van der Waals surface area contributed by atoms with Crippen LogP contribution in [0.2, 0.25) is 0 Å². The molecule has 0 amide bonds. The molecule has 3 heteroatoms. The standard InChI is InChI=1S/C48H26O2S/c1-3-16-34-32(14-1)46(27-21-22-30-28-11-5-8-18-41(28)49-43(30)23-27)33-15-2-4-17-35(33)47(34)38-25-39-31-13-7-10-20-45(31)51-48(39)40-26-44-37(24-36(38)40)29-12-6-9-19-42(29)50-44/h1-26H. The Morgan fingerprint density at radius 2 is 0.824 bits per heavy atom. The number of hydrogen-bond acceptors (Lipinski definition) is 3. The Morgan fingerprint density at radius 3 is 1.51 bits per heavy atom. The Balaban J connectivity index is 1.24. The van der Waals surface area contributed by atoms with Crippen LogP contribution in [0.15, 0.2) is 167 Å². The summed E-state index contributed by atoms with van der Waals surface area (Å²) in [4.78, 5) is 0. The van der Waals surface area contributed by atoms with Crippen LogP contribution >= 0.6 is 11.3 Å². The zero-order chi connectivity index (χ0) is 33.2. The highest BCUT2D eigenvalue weighted by Gasteiger charge is 2.22. The van der Waals surface area contributed by atoms with E-state index in [0.29, 0.717) is 0 Å². The van der Waals surface area contributed by atoms with Gasteiger partial charge in [0.2, 0.25) is 0 Å². The second-order valence-electron chi connectivity index (χ2n) is 13.5. The van der Waals surface area contributed by atoms with Gasteiger partial charge < -0.3 is 8.83 Å². The summed E-state index contributed by atoms with van der Waals surface area (Å²) in [5.74, 6) is 0. The second kappa shape index (κ2) is 10.1.